The summed E-state index contributed by atoms with van der Waals surface area (Å²) in [5, 5.41) is 4.94. The van der Waals surface area contributed by atoms with Crippen molar-refractivity contribution in [3.05, 3.63) is 90.3 Å². The van der Waals surface area contributed by atoms with Crippen LogP contribution in [0.2, 0.25) is 0 Å². The molecule has 0 unspecified atom stereocenters. The van der Waals surface area contributed by atoms with Crippen LogP contribution in [0.4, 0.5) is 0 Å². The van der Waals surface area contributed by atoms with Crippen molar-refractivity contribution in [3.63, 3.8) is 0 Å². The van der Waals surface area contributed by atoms with Crippen molar-refractivity contribution >= 4 is 43.2 Å². The van der Waals surface area contributed by atoms with Gasteiger partial charge in [0.05, 0.1) is 12.0 Å². The van der Waals surface area contributed by atoms with Gasteiger partial charge in [0, 0.05) is 32.1 Å². The fraction of sp³-hybridized carbons (Fsp3) is 0.167. The van der Waals surface area contributed by atoms with Crippen LogP contribution >= 0.6 is 11.3 Å². The molecule has 162 valence electrons. The Hall–Kier alpha value is -3.43. The highest BCUT2D eigenvalue weighted by atomic mass is 32.1. The van der Waals surface area contributed by atoms with Crippen molar-refractivity contribution in [2.75, 3.05) is 0 Å². The summed E-state index contributed by atoms with van der Waals surface area (Å²) in [5.41, 5.74) is 6.89. The smallest absolute Gasteiger partial charge is 0.134 e. The van der Waals surface area contributed by atoms with Gasteiger partial charge in [-0.2, -0.15) is 0 Å². The van der Waals surface area contributed by atoms with E-state index in [4.69, 9.17) is 9.40 Å². The number of furan rings is 1. The second-order valence-electron chi connectivity index (χ2n) is 9.81. The maximum absolute atomic E-state index is 5.76. The number of fused-ring (bicyclic) bond motifs is 3. The van der Waals surface area contributed by atoms with Gasteiger partial charge in [-0.05, 0) is 70.1 Å². The summed E-state index contributed by atoms with van der Waals surface area (Å²) >= 11 is 1.81. The quantitative estimate of drug-likeness (QED) is 0.264. The first-order chi connectivity index (χ1) is 15.9. The second-order valence-corrected chi connectivity index (χ2v) is 10.9. The zero-order valence-electron chi connectivity index (χ0n) is 19.3. The molecule has 0 aliphatic heterocycles. The van der Waals surface area contributed by atoms with Crippen molar-refractivity contribution in [2.45, 2.75) is 33.1 Å². The molecule has 0 aliphatic carbocycles. The fourth-order valence-electron chi connectivity index (χ4n) is 4.72. The standard InChI is InChI=1S/C30H25NOS/c1-18-17-32-26-15-20(9-10-22(18)26)28-16-24-27(33-28)11-12-31-29(24)21-13-19-7-5-6-8-23(19)25(14-21)30(2,3)4/h5-17H,1-4H3. The highest BCUT2D eigenvalue weighted by molar-refractivity contribution is 7.22. The van der Waals surface area contributed by atoms with Gasteiger partial charge in [-0.25, -0.2) is 0 Å². The van der Waals surface area contributed by atoms with E-state index < -0.39 is 0 Å². The van der Waals surface area contributed by atoms with E-state index in [1.165, 1.54) is 53.4 Å². The number of pyridine rings is 1. The zero-order valence-corrected chi connectivity index (χ0v) is 20.1. The largest absolute Gasteiger partial charge is 0.464 e. The highest BCUT2D eigenvalue weighted by Gasteiger charge is 2.20. The predicted molar refractivity (Wildman–Crippen MR) is 141 cm³/mol. The molecule has 0 saturated carbocycles. The summed E-state index contributed by atoms with van der Waals surface area (Å²) in [6.07, 6.45) is 3.76. The first-order valence-corrected chi connectivity index (χ1v) is 12.1. The molecule has 3 aromatic heterocycles. The first-order valence-electron chi connectivity index (χ1n) is 11.3. The van der Waals surface area contributed by atoms with Gasteiger partial charge < -0.3 is 4.42 Å². The van der Waals surface area contributed by atoms with Crippen LogP contribution in [0.1, 0.15) is 31.9 Å². The number of thiophene rings is 1. The van der Waals surface area contributed by atoms with Crippen LogP contribution in [0.3, 0.4) is 0 Å². The molecule has 0 radical (unpaired) electrons. The molecule has 6 rings (SSSR count). The summed E-state index contributed by atoms with van der Waals surface area (Å²) < 4.78 is 7.00. The average Bonchev–Trinajstić information content (AvgIpc) is 3.41. The van der Waals surface area contributed by atoms with E-state index in [0.29, 0.717) is 0 Å². The number of benzene rings is 3. The monoisotopic (exact) mass is 447 g/mol. The van der Waals surface area contributed by atoms with Crippen LogP contribution in [0.25, 0.3) is 53.5 Å². The Morgan fingerprint density at radius 1 is 0.818 bits per heavy atom. The van der Waals surface area contributed by atoms with Crippen molar-refractivity contribution in [3.8, 4) is 21.7 Å². The van der Waals surface area contributed by atoms with Crippen molar-refractivity contribution in [1.82, 2.24) is 4.98 Å². The highest BCUT2D eigenvalue weighted by Crippen LogP contribution is 2.41. The molecule has 0 atom stereocenters. The van der Waals surface area contributed by atoms with E-state index in [0.717, 1.165) is 11.3 Å². The molecule has 2 nitrogen and oxygen atoms in total. The van der Waals surface area contributed by atoms with Crippen LogP contribution in [0.5, 0.6) is 0 Å². The Labute approximate surface area is 197 Å². The lowest BCUT2D eigenvalue weighted by Gasteiger charge is -2.22. The Morgan fingerprint density at radius 2 is 1.67 bits per heavy atom. The molecule has 0 bridgehead atoms. The number of rotatable bonds is 2. The summed E-state index contributed by atoms with van der Waals surface area (Å²) in [5.74, 6) is 0. The lowest BCUT2D eigenvalue weighted by Crippen LogP contribution is -2.12. The Balaban J connectivity index is 1.55. The molecule has 0 saturated heterocycles. The molecular weight excluding hydrogens is 422 g/mol. The van der Waals surface area contributed by atoms with Gasteiger partial charge in [0.2, 0.25) is 0 Å². The zero-order chi connectivity index (χ0) is 22.7. The van der Waals surface area contributed by atoms with Crippen LogP contribution in [0, 0.1) is 6.92 Å². The first kappa shape index (κ1) is 20.2. The van der Waals surface area contributed by atoms with E-state index >= 15 is 0 Å². The van der Waals surface area contributed by atoms with Crippen LogP contribution in [0.15, 0.2) is 83.6 Å². The molecule has 0 spiro atoms. The molecular formula is C30H25NOS. The van der Waals surface area contributed by atoms with Gasteiger partial charge in [0.25, 0.3) is 0 Å². The Kier molecular flexibility index (Phi) is 4.46. The topological polar surface area (TPSA) is 26.0 Å². The predicted octanol–water partition coefficient (Wildman–Crippen LogP) is 9.14. The second kappa shape index (κ2) is 7.29. The number of hydrogen-bond acceptors (Lipinski definition) is 3. The minimum Gasteiger partial charge on any atom is -0.464 e. The number of aromatic nitrogens is 1. The van der Waals surface area contributed by atoms with Crippen molar-refractivity contribution < 1.29 is 4.42 Å². The van der Waals surface area contributed by atoms with Gasteiger partial charge in [-0.15, -0.1) is 11.3 Å². The maximum atomic E-state index is 5.76. The van der Waals surface area contributed by atoms with Crippen LogP contribution in [-0.2, 0) is 5.41 Å². The number of hydrogen-bond donors (Lipinski definition) is 0. The minimum absolute atomic E-state index is 0.0416. The summed E-state index contributed by atoms with van der Waals surface area (Å²) in [6, 6.07) is 24.2. The molecule has 3 aromatic carbocycles. The normalized spacial score (nSPS) is 12.2. The maximum Gasteiger partial charge on any atom is 0.134 e. The van der Waals surface area contributed by atoms with Crippen molar-refractivity contribution in [2.24, 2.45) is 0 Å². The number of aryl methyl sites for hydroxylation is 1. The molecule has 33 heavy (non-hydrogen) atoms. The van der Waals surface area contributed by atoms with E-state index in [-0.39, 0.29) is 5.41 Å². The van der Waals surface area contributed by atoms with E-state index in [2.05, 4.69) is 94.4 Å². The van der Waals surface area contributed by atoms with E-state index in [9.17, 15) is 0 Å². The summed E-state index contributed by atoms with van der Waals surface area (Å²) in [4.78, 5) is 6.08. The van der Waals surface area contributed by atoms with Crippen LogP contribution < -0.4 is 0 Å². The lowest BCUT2D eigenvalue weighted by molar-refractivity contribution is 0.596. The average molecular weight is 448 g/mol. The molecule has 0 N–H and O–H groups in total. The van der Waals surface area contributed by atoms with E-state index in [1.807, 2.05) is 12.5 Å². The molecule has 0 fully saturated rings. The molecule has 6 aromatic rings. The summed E-state index contributed by atoms with van der Waals surface area (Å²) in [7, 11) is 0. The van der Waals surface area contributed by atoms with Gasteiger partial charge in [0.15, 0.2) is 0 Å². The van der Waals surface area contributed by atoms with Gasteiger partial charge in [0.1, 0.15) is 5.58 Å². The van der Waals surface area contributed by atoms with Gasteiger partial charge in [-0.3, -0.25) is 4.98 Å². The van der Waals surface area contributed by atoms with Gasteiger partial charge in [-0.1, -0.05) is 57.2 Å². The third kappa shape index (κ3) is 3.35. The van der Waals surface area contributed by atoms with Crippen LogP contribution in [-0.4, -0.2) is 4.98 Å². The van der Waals surface area contributed by atoms with Crippen molar-refractivity contribution in [1.29, 1.82) is 0 Å². The molecule has 3 heterocycles. The molecule has 0 aliphatic rings. The Morgan fingerprint density at radius 3 is 2.52 bits per heavy atom. The molecule has 0 amide bonds. The third-order valence-electron chi connectivity index (χ3n) is 6.44. The van der Waals surface area contributed by atoms with E-state index in [1.54, 1.807) is 11.3 Å². The van der Waals surface area contributed by atoms with Gasteiger partial charge >= 0.3 is 0 Å². The minimum atomic E-state index is 0.0416. The SMILES string of the molecule is Cc1coc2cc(-c3cc4c(-c5cc(C(C)(C)C)c6ccccc6c5)nccc4s3)ccc12. The fourth-order valence-corrected chi connectivity index (χ4v) is 5.77. The number of nitrogens with zero attached hydrogens (tertiary/aromatic N) is 1. The summed E-state index contributed by atoms with van der Waals surface area (Å²) in [6.45, 7) is 8.92. The third-order valence-corrected chi connectivity index (χ3v) is 7.59. The lowest BCUT2D eigenvalue weighted by atomic mass is 9.82. The molecule has 3 heteroatoms. The Bertz CT molecular complexity index is 1660.